The Bertz CT molecular complexity index is 888. The van der Waals surface area contributed by atoms with Crippen LogP contribution in [0.25, 0.3) is 11.0 Å². The van der Waals surface area contributed by atoms with E-state index in [1.54, 1.807) is 21.1 Å². The number of sulfonamides is 1. The minimum atomic E-state index is -3.67. The van der Waals surface area contributed by atoms with Crippen molar-refractivity contribution in [3.63, 3.8) is 0 Å². The van der Waals surface area contributed by atoms with Crippen LogP contribution in [0.15, 0.2) is 15.6 Å². The zero-order chi connectivity index (χ0) is 19.6. The molecule has 0 unspecified atom stereocenters. The average molecular weight is 397 g/mol. The molecule has 0 atom stereocenters. The van der Waals surface area contributed by atoms with Crippen LogP contribution >= 0.6 is 0 Å². The molecule has 1 fully saturated rings. The number of hydrogen-bond donors (Lipinski definition) is 0. The molecule has 1 saturated heterocycles. The lowest BCUT2D eigenvalue weighted by atomic mass is 9.97. The molecule has 0 saturated carbocycles. The van der Waals surface area contributed by atoms with Gasteiger partial charge in [-0.1, -0.05) is 6.07 Å². The molecule has 0 spiro atoms. The van der Waals surface area contributed by atoms with Crippen molar-refractivity contribution in [1.82, 2.24) is 19.5 Å². The fourth-order valence-corrected chi connectivity index (χ4v) is 5.36. The van der Waals surface area contributed by atoms with Crippen molar-refractivity contribution >= 4 is 21.1 Å². The van der Waals surface area contributed by atoms with E-state index in [-0.39, 0.29) is 4.90 Å². The number of aryl methyl sites for hydroxylation is 2. The fraction of sp³-hybridized carbons (Fsp3) is 0.667. The lowest BCUT2D eigenvalue weighted by Gasteiger charge is -2.33. The predicted molar refractivity (Wildman–Crippen MR) is 102 cm³/mol. The fourth-order valence-electron chi connectivity index (χ4n) is 3.80. The highest BCUT2D eigenvalue weighted by Crippen LogP contribution is 2.30. The van der Waals surface area contributed by atoms with Crippen molar-refractivity contribution in [2.75, 3.05) is 46.9 Å². The van der Waals surface area contributed by atoms with Crippen LogP contribution in [0.2, 0.25) is 0 Å². The van der Waals surface area contributed by atoms with Crippen molar-refractivity contribution < 1.29 is 17.8 Å². The number of methoxy groups -OCH3 is 1. The van der Waals surface area contributed by atoms with Crippen LogP contribution in [-0.4, -0.2) is 74.9 Å². The van der Waals surface area contributed by atoms with Crippen LogP contribution in [0.3, 0.4) is 0 Å². The lowest BCUT2D eigenvalue weighted by molar-refractivity contribution is 0.116. The molecule has 0 N–H and O–H groups in total. The molecule has 1 aromatic carbocycles. The average Bonchev–Trinajstić information content (AvgIpc) is 3.10. The van der Waals surface area contributed by atoms with Crippen LogP contribution in [-0.2, 0) is 14.8 Å². The largest absolute Gasteiger partial charge is 0.383 e. The van der Waals surface area contributed by atoms with E-state index in [4.69, 9.17) is 9.37 Å². The Morgan fingerprint density at radius 1 is 1.22 bits per heavy atom. The summed E-state index contributed by atoms with van der Waals surface area (Å²) in [5.74, 6) is 0.347. The molecule has 1 aliphatic rings. The Morgan fingerprint density at radius 3 is 2.56 bits per heavy atom. The summed E-state index contributed by atoms with van der Waals surface area (Å²) in [5.41, 5.74) is 2.33. The van der Waals surface area contributed by atoms with Crippen LogP contribution in [0.1, 0.15) is 24.0 Å². The summed E-state index contributed by atoms with van der Waals surface area (Å²) in [7, 11) is -0.319. The normalized spacial score (nSPS) is 17.2. The van der Waals surface area contributed by atoms with E-state index < -0.39 is 10.0 Å². The molecule has 0 aliphatic carbocycles. The molecular formula is C18H28N4O4S. The summed E-state index contributed by atoms with van der Waals surface area (Å²) in [6, 6.07) is 1.82. The molecule has 0 amide bonds. The van der Waals surface area contributed by atoms with Crippen molar-refractivity contribution in [3.05, 3.63) is 17.2 Å². The van der Waals surface area contributed by atoms with E-state index in [2.05, 4.69) is 15.2 Å². The number of ether oxygens (including phenoxy) is 1. The molecule has 8 nitrogen and oxygen atoms in total. The van der Waals surface area contributed by atoms with E-state index in [0.717, 1.165) is 44.6 Å². The van der Waals surface area contributed by atoms with Crippen LogP contribution < -0.4 is 0 Å². The highest BCUT2D eigenvalue weighted by molar-refractivity contribution is 7.89. The zero-order valence-electron chi connectivity index (χ0n) is 16.4. The number of benzene rings is 1. The molecular weight excluding hydrogens is 368 g/mol. The Balaban J connectivity index is 1.74. The van der Waals surface area contributed by atoms with Gasteiger partial charge in [-0.05, 0) is 67.1 Å². The van der Waals surface area contributed by atoms with Gasteiger partial charge in [0.2, 0.25) is 10.0 Å². The summed E-state index contributed by atoms with van der Waals surface area (Å²) in [6.45, 7) is 7.77. The van der Waals surface area contributed by atoms with E-state index in [9.17, 15) is 8.42 Å². The van der Waals surface area contributed by atoms with Crippen molar-refractivity contribution in [1.29, 1.82) is 0 Å². The second-order valence-electron chi connectivity index (χ2n) is 7.36. The number of rotatable bonds is 7. The molecule has 0 bridgehead atoms. The summed E-state index contributed by atoms with van der Waals surface area (Å²) < 4.78 is 37.9. The second-order valence-corrected chi connectivity index (χ2v) is 9.35. The number of nitrogens with zero attached hydrogens (tertiary/aromatic N) is 4. The molecule has 150 valence electrons. The third-order valence-electron chi connectivity index (χ3n) is 5.37. The minimum absolute atomic E-state index is 0.199. The standard InChI is InChI=1S/C18H28N4O4S/c1-13-11-14(2)18(17-16(13)19-26-20-17)27(23,24)21(3)12-15-5-7-22(8-6-15)9-10-25-4/h11,15H,5-10,12H2,1-4H3. The topological polar surface area (TPSA) is 88.8 Å². The summed E-state index contributed by atoms with van der Waals surface area (Å²) in [5, 5.41) is 7.72. The van der Waals surface area contributed by atoms with Crippen molar-refractivity contribution in [2.45, 2.75) is 31.6 Å². The molecule has 1 aliphatic heterocycles. The molecule has 27 heavy (non-hydrogen) atoms. The van der Waals surface area contributed by atoms with Crippen LogP contribution in [0.4, 0.5) is 0 Å². The first-order valence-electron chi connectivity index (χ1n) is 9.24. The number of hydrogen-bond acceptors (Lipinski definition) is 7. The first-order valence-corrected chi connectivity index (χ1v) is 10.7. The van der Waals surface area contributed by atoms with Gasteiger partial charge in [0, 0.05) is 27.2 Å². The molecule has 2 aromatic rings. The SMILES string of the molecule is COCCN1CCC(CN(C)S(=O)(=O)c2c(C)cc(C)c3nonc23)CC1. The first kappa shape index (κ1) is 20.2. The van der Waals surface area contributed by atoms with Crippen LogP contribution in [0.5, 0.6) is 0 Å². The van der Waals surface area contributed by atoms with Gasteiger partial charge in [0.25, 0.3) is 0 Å². The number of fused-ring (bicyclic) bond motifs is 1. The summed E-state index contributed by atoms with van der Waals surface area (Å²) >= 11 is 0. The smallest absolute Gasteiger partial charge is 0.245 e. The minimum Gasteiger partial charge on any atom is -0.383 e. The molecule has 0 radical (unpaired) electrons. The maximum Gasteiger partial charge on any atom is 0.245 e. The number of aromatic nitrogens is 2. The van der Waals surface area contributed by atoms with Gasteiger partial charge in [0.15, 0.2) is 5.52 Å². The third kappa shape index (κ3) is 4.16. The molecule has 9 heteroatoms. The van der Waals surface area contributed by atoms with Gasteiger partial charge in [-0.25, -0.2) is 17.4 Å². The lowest BCUT2D eigenvalue weighted by Crippen LogP contribution is -2.40. The third-order valence-corrected chi connectivity index (χ3v) is 7.37. The predicted octanol–water partition coefficient (Wildman–Crippen LogP) is 1.82. The van der Waals surface area contributed by atoms with E-state index in [1.807, 2.05) is 13.0 Å². The molecule has 2 heterocycles. The second kappa shape index (κ2) is 8.22. The van der Waals surface area contributed by atoms with Gasteiger partial charge in [-0.2, -0.15) is 0 Å². The monoisotopic (exact) mass is 396 g/mol. The number of likely N-dealkylation sites (tertiary alicyclic amines) is 1. The Kier molecular flexibility index (Phi) is 6.15. The Morgan fingerprint density at radius 2 is 1.89 bits per heavy atom. The van der Waals surface area contributed by atoms with E-state index >= 15 is 0 Å². The van der Waals surface area contributed by atoms with Crippen LogP contribution in [0, 0.1) is 19.8 Å². The number of piperidine rings is 1. The van der Waals surface area contributed by atoms with Gasteiger partial charge >= 0.3 is 0 Å². The Hall–Kier alpha value is -1.55. The van der Waals surface area contributed by atoms with Gasteiger partial charge < -0.3 is 9.64 Å². The van der Waals surface area contributed by atoms with E-state index in [1.165, 1.54) is 4.31 Å². The highest BCUT2D eigenvalue weighted by Gasteiger charge is 2.31. The summed E-state index contributed by atoms with van der Waals surface area (Å²) in [4.78, 5) is 2.56. The van der Waals surface area contributed by atoms with Gasteiger partial charge in [0.1, 0.15) is 10.4 Å². The zero-order valence-corrected chi connectivity index (χ0v) is 17.3. The van der Waals surface area contributed by atoms with Gasteiger partial charge in [-0.3, -0.25) is 0 Å². The van der Waals surface area contributed by atoms with Gasteiger partial charge in [-0.15, -0.1) is 0 Å². The van der Waals surface area contributed by atoms with E-state index in [0.29, 0.717) is 29.1 Å². The highest BCUT2D eigenvalue weighted by atomic mass is 32.2. The Labute approximate surface area is 160 Å². The van der Waals surface area contributed by atoms with Crippen molar-refractivity contribution in [2.24, 2.45) is 5.92 Å². The van der Waals surface area contributed by atoms with Gasteiger partial charge in [0.05, 0.1) is 6.61 Å². The quantitative estimate of drug-likeness (QED) is 0.705. The van der Waals surface area contributed by atoms with Crippen molar-refractivity contribution in [3.8, 4) is 0 Å². The molecule has 3 rings (SSSR count). The first-order chi connectivity index (χ1) is 12.8. The maximum atomic E-state index is 13.2. The maximum absolute atomic E-state index is 13.2. The summed E-state index contributed by atoms with van der Waals surface area (Å²) in [6.07, 6.45) is 1.97. The molecule has 1 aromatic heterocycles.